The molecule has 4 aromatic rings. The number of para-hydroxylation sites is 1. The zero-order valence-corrected chi connectivity index (χ0v) is 21.9. The summed E-state index contributed by atoms with van der Waals surface area (Å²) in [5.74, 6) is -0.629. The molecule has 0 radical (unpaired) electrons. The molecule has 6 nitrogen and oxygen atoms in total. The number of nitrogens with one attached hydrogen (secondary N) is 1. The first-order valence-electron chi connectivity index (χ1n) is 11.5. The summed E-state index contributed by atoms with van der Waals surface area (Å²) in [6.07, 6.45) is -4.61. The molecule has 0 aliphatic heterocycles. The number of ether oxygens (including phenoxy) is 1. The topological polar surface area (TPSA) is 73.2 Å². The van der Waals surface area contributed by atoms with Crippen LogP contribution in [0.1, 0.15) is 29.3 Å². The third-order valence-corrected chi connectivity index (χ3v) is 7.29. The van der Waals surface area contributed by atoms with Crippen molar-refractivity contribution in [3.8, 4) is 0 Å². The summed E-state index contributed by atoms with van der Waals surface area (Å²) in [7, 11) is 1.52. The molecule has 0 aliphatic carbocycles. The van der Waals surface area contributed by atoms with E-state index in [9.17, 15) is 22.8 Å². The maximum absolute atomic E-state index is 13.6. The first-order valence-corrected chi connectivity index (χ1v) is 12.8. The van der Waals surface area contributed by atoms with Crippen molar-refractivity contribution in [2.24, 2.45) is 0 Å². The van der Waals surface area contributed by atoms with Crippen LogP contribution in [0.25, 0.3) is 10.9 Å². The van der Waals surface area contributed by atoms with Crippen molar-refractivity contribution < 1.29 is 22.7 Å². The van der Waals surface area contributed by atoms with Gasteiger partial charge in [-0.3, -0.25) is 14.2 Å². The quantitative estimate of drug-likeness (QED) is 0.190. The second kappa shape index (κ2) is 11.6. The number of amides is 1. The molecule has 0 unspecified atom stereocenters. The summed E-state index contributed by atoms with van der Waals surface area (Å²) in [6, 6.07) is 17.9. The molecular weight excluding hydrogens is 539 g/mol. The van der Waals surface area contributed by atoms with Gasteiger partial charge >= 0.3 is 6.18 Å². The standard InChI is InChI=1S/C27H23ClF3N3O3S/c1-16(15-37-2)34-25(36)19-10-6-7-11-21(19)33-26(34)38-23(17-8-4-3-5-9-17)24(35)32-22-14-18(27(29,30)31)12-13-20(22)28/h3-14,16,23H,15H2,1-2H3,(H,32,35)/t16-,23-/m1/s1. The fourth-order valence-electron chi connectivity index (χ4n) is 3.91. The highest BCUT2D eigenvalue weighted by atomic mass is 35.5. The number of carbonyl (C=O) groups is 1. The van der Waals surface area contributed by atoms with Crippen LogP contribution in [0.5, 0.6) is 0 Å². The summed E-state index contributed by atoms with van der Waals surface area (Å²) in [5.41, 5.74) is -0.402. The van der Waals surface area contributed by atoms with Gasteiger partial charge in [-0.1, -0.05) is 65.8 Å². The Morgan fingerprint density at radius 1 is 1.11 bits per heavy atom. The first kappa shape index (κ1) is 27.7. The number of nitrogens with zero attached hydrogens (tertiary/aromatic N) is 2. The van der Waals surface area contributed by atoms with Gasteiger partial charge in [0.1, 0.15) is 5.25 Å². The number of thioether (sulfide) groups is 1. The van der Waals surface area contributed by atoms with E-state index in [2.05, 4.69) is 10.3 Å². The number of rotatable bonds is 8. The lowest BCUT2D eigenvalue weighted by Gasteiger charge is -2.22. The molecule has 1 N–H and O–H groups in total. The lowest BCUT2D eigenvalue weighted by molar-refractivity contribution is -0.137. The molecule has 0 saturated carbocycles. The van der Waals surface area contributed by atoms with Crippen LogP contribution in [0, 0.1) is 0 Å². The van der Waals surface area contributed by atoms with E-state index in [1.165, 1.54) is 11.7 Å². The van der Waals surface area contributed by atoms with E-state index in [1.807, 2.05) is 0 Å². The van der Waals surface area contributed by atoms with Crippen LogP contribution in [0.15, 0.2) is 82.7 Å². The van der Waals surface area contributed by atoms with Crippen LogP contribution in [0.3, 0.4) is 0 Å². The predicted molar refractivity (Wildman–Crippen MR) is 143 cm³/mol. The number of fused-ring (bicyclic) bond motifs is 1. The maximum atomic E-state index is 13.6. The van der Waals surface area contributed by atoms with Crippen LogP contribution < -0.4 is 10.9 Å². The Labute approximate surface area is 225 Å². The summed E-state index contributed by atoms with van der Waals surface area (Å²) >= 11 is 7.14. The average molecular weight is 562 g/mol. The van der Waals surface area contributed by atoms with Crippen LogP contribution in [-0.4, -0.2) is 29.2 Å². The number of hydrogen-bond acceptors (Lipinski definition) is 5. The lowest BCUT2D eigenvalue weighted by Crippen LogP contribution is -2.29. The highest BCUT2D eigenvalue weighted by Crippen LogP contribution is 2.38. The molecule has 1 amide bonds. The number of halogens is 4. The smallest absolute Gasteiger partial charge is 0.383 e. The fraction of sp³-hybridized carbons (Fsp3) is 0.222. The van der Waals surface area contributed by atoms with Gasteiger partial charge in [0, 0.05) is 7.11 Å². The van der Waals surface area contributed by atoms with Gasteiger partial charge in [0.25, 0.3) is 5.56 Å². The highest BCUT2D eigenvalue weighted by Gasteiger charge is 2.32. The lowest BCUT2D eigenvalue weighted by atomic mass is 10.1. The van der Waals surface area contributed by atoms with Crippen molar-refractivity contribution in [3.63, 3.8) is 0 Å². The zero-order chi connectivity index (χ0) is 27.4. The molecule has 0 saturated heterocycles. The number of benzene rings is 3. The molecule has 11 heteroatoms. The van der Waals surface area contributed by atoms with Crippen LogP contribution in [0.2, 0.25) is 5.02 Å². The number of methoxy groups -OCH3 is 1. The minimum absolute atomic E-state index is 0.0439. The molecule has 1 aromatic heterocycles. The SMILES string of the molecule is COC[C@@H](C)n1c(S[C@@H](C(=O)Nc2cc(C(F)(F)F)ccc2Cl)c2ccccc2)nc2ccccc2c1=O. The molecule has 198 valence electrons. The van der Waals surface area contributed by atoms with E-state index in [4.69, 9.17) is 16.3 Å². The van der Waals surface area contributed by atoms with Crippen molar-refractivity contribution >= 4 is 45.9 Å². The van der Waals surface area contributed by atoms with Gasteiger partial charge in [-0.05, 0) is 42.8 Å². The highest BCUT2D eigenvalue weighted by molar-refractivity contribution is 8.00. The Morgan fingerprint density at radius 3 is 2.47 bits per heavy atom. The van der Waals surface area contributed by atoms with E-state index in [-0.39, 0.29) is 28.0 Å². The normalized spacial score (nSPS) is 13.3. The summed E-state index contributed by atoms with van der Waals surface area (Å²) in [4.78, 5) is 31.7. The van der Waals surface area contributed by atoms with Crippen molar-refractivity contribution in [1.82, 2.24) is 9.55 Å². The van der Waals surface area contributed by atoms with Crippen LogP contribution in [0.4, 0.5) is 18.9 Å². The van der Waals surface area contributed by atoms with Crippen molar-refractivity contribution in [3.05, 3.63) is 99.3 Å². The molecule has 0 aliphatic rings. The minimum Gasteiger partial charge on any atom is -0.383 e. The van der Waals surface area contributed by atoms with Gasteiger partial charge in [-0.15, -0.1) is 0 Å². The Kier molecular flexibility index (Phi) is 8.44. The second-order valence-electron chi connectivity index (χ2n) is 8.48. The third kappa shape index (κ3) is 6.03. The van der Waals surface area contributed by atoms with Gasteiger partial charge < -0.3 is 10.1 Å². The molecule has 0 bridgehead atoms. The van der Waals surface area contributed by atoms with E-state index >= 15 is 0 Å². The second-order valence-corrected chi connectivity index (χ2v) is 9.96. The van der Waals surface area contributed by atoms with Crippen LogP contribution in [-0.2, 0) is 15.7 Å². The van der Waals surface area contributed by atoms with Gasteiger partial charge in [0.15, 0.2) is 5.16 Å². The van der Waals surface area contributed by atoms with E-state index in [0.717, 1.165) is 30.0 Å². The monoisotopic (exact) mass is 561 g/mol. The molecule has 0 fully saturated rings. The molecule has 2 atom stereocenters. The predicted octanol–water partition coefficient (Wildman–Crippen LogP) is 6.75. The number of anilines is 1. The van der Waals surface area contributed by atoms with Gasteiger partial charge in [-0.25, -0.2) is 4.98 Å². The maximum Gasteiger partial charge on any atom is 0.416 e. The van der Waals surface area contributed by atoms with Crippen molar-refractivity contribution in [1.29, 1.82) is 0 Å². The number of aromatic nitrogens is 2. The molecule has 4 rings (SSSR count). The number of hydrogen-bond donors (Lipinski definition) is 1. The summed E-state index contributed by atoms with van der Waals surface area (Å²) in [5, 5.41) is 2.19. The average Bonchev–Trinajstić information content (AvgIpc) is 2.88. The Bertz CT molecular complexity index is 1510. The molecule has 0 spiro atoms. The third-order valence-electron chi connectivity index (χ3n) is 5.74. The number of carbonyl (C=O) groups excluding carboxylic acids is 1. The van der Waals surface area contributed by atoms with E-state index in [0.29, 0.717) is 16.5 Å². The first-order chi connectivity index (χ1) is 18.1. The van der Waals surface area contributed by atoms with Crippen molar-refractivity contribution in [2.45, 2.75) is 29.5 Å². The van der Waals surface area contributed by atoms with Gasteiger partial charge in [0.2, 0.25) is 5.91 Å². The number of alkyl halides is 3. The Morgan fingerprint density at radius 2 is 1.79 bits per heavy atom. The minimum atomic E-state index is -4.61. The fourth-order valence-corrected chi connectivity index (χ4v) is 5.28. The van der Waals surface area contributed by atoms with Gasteiger partial charge in [-0.2, -0.15) is 13.2 Å². The largest absolute Gasteiger partial charge is 0.416 e. The summed E-state index contributed by atoms with van der Waals surface area (Å²) in [6.45, 7) is 2.01. The Hall–Kier alpha value is -3.34. The van der Waals surface area contributed by atoms with E-state index in [1.54, 1.807) is 61.5 Å². The van der Waals surface area contributed by atoms with Gasteiger partial charge in [0.05, 0.1) is 39.8 Å². The molecule has 38 heavy (non-hydrogen) atoms. The van der Waals surface area contributed by atoms with Crippen LogP contribution >= 0.6 is 23.4 Å². The van der Waals surface area contributed by atoms with Crippen molar-refractivity contribution in [2.75, 3.05) is 19.0 Å². The van der Waals surface area contributed by atoms with E-state index < -0.39 is 28.9 Å². The molecular formula is C27H23ClF3N3O3S. The Balaban J connectivity index is 1.79. The molecule has 1 heterocycles. The summed E-state index contributed by atoms with van der Waals surface area (Å²) < 4.78 is 46.6. The molecule has 3 aromatic carbocycles. The zero-order valence-electron chi connectivity index (χ0n) is 20.3.